The highest BCUT2D eigenvalue weighted by molar-refractivity contribution is 6.46. The van der Waals surface area contributed by atoms with Crippen LogP contribution in [0.15, 0.2) is 47.5 Å². The minimum Gasteiger partial charge on any atom is -0.377 e. The number of hydrogen-bond acceptors (Lipinski definition) is 7. The molecule has 1 spiro atoms. The van der Waals surface area contributed by atoms with E-state index in [0.29, 0.717) is 37.3 Å². The summed E-state index contributed by atoms with van der Waals surface area (Å²) in [5, 5.41) is 16.3. The first-order valence-corrected chi connectivity index (χ1v) is 15.3. The maximum Gasteiger partial charge on any atom is 0.275 e. The number of benzene rings is 2. The quantitative estimate of drug-likeness (QED) is 0.341. The van der Waals surface area contributed by atoms with Gasteiger partial charge in [-0.25, -0.2) is 8.78 Å². The number of carbonyl (C=O) groups excluding carboxylic acids is 2. The lowest BCUT2D eigenvalue weighted by Crippen LogP contribution is -2.55. The van der Waals surface area contributed by atoms with Gasteiger partial charge in [-0.05, 0) is 53.5 Å². The fourth-order valence-electron chi connectivity index (χ4n) is 6.01. The average Bonchev–Trinajstić information content (AvgIpc) is 3.58. The molecule has 10 nitrogen and oxygen atoms in total. The summed E-state index contributed by atoms with van der Waals surface area (Å²) in [6.07, 6.45) is 2.07. The zero-order chi connectivity index (χ0) is 32.6. The number of amides is 2. The molecule has 0 radical (unpaired) electrons. The van der Waals surface area contributed by atoms with E-state index in [9.17, 15) is 18.4 Å². The lowest BCUT2D eigenvalue weighted by Gasteiger charge is -2.48. The van der Waals surface area contributed by atoms with Crippen LogP contribution in [0, 0.1) is 22.5 Å². The summed E-state index contributed by atoms with van der Waals surface area (Å²) in [7, 11) is 0. The van der Waals surface area contributed by atoms with Gasteiger partial charge in [-0.1, -0.05) is 58.9 Å². The molecule has 3 atom stereocenters. The predicted molar refractivity (Wildman–Crippen MR) is 164 cm³/mol. The van der Waals surface area contributed by atoms with Crippen molar-refractivity contribution in [3.05, 3.63) is 76.6 Å². The number of rotatable bonds is 8. The standard InChI is InChI=1S/C33H41F2N7O3/c1-31(2,3)12-11-25(20-7-9-21(10-8-20)29(43)36-19-27-38-40-41-39-27)42-30(44)28(22-15-23(34)17-24(35)16-22)37-33(42)13-14-45-26(18-33)32(4,5)6/h7-10,15-17,25-26H,11-14,18-19H2,1-6H3,(H,36,43)(H,38,39,40,41)/t25-,26?,33?/m1/s1. The summed E-state index contributed by atoms with van der Waals surface area (Å²) in [5.74, 6) is -1.87. The van der Waals surface area contributed by atoms with Crippen molar-refractivity contribution in [1.29, 1.82) is 0 Å². The second-order valence-corrected chi connectivity index (χ2v) is 14.2. The Bertz CT molecular complexity index is 1540. The highest BCUT2D eigenvalue weighted by Crippen LogP contribution is 2.47. The molecule has 0 saturated carbocycles. The Morgan fingerprint density at radius 2 is 1.80 bits per heavy atom. The molecular weight excluding hydrogens is 580 g/mol. The number of carbonyl (C=O) groups is 2. The minimum absolute atomic E-state index is 0.0395. The Morgan fingerprint density at radius 1 is 1.11 bits per heavy atom. The first kappa shape index (κ1) is 32.3. The molecule has 2 unspecified atom stereocenters. The normalized spacial score (nSPS) is 21.2. The maximum absolute atomic E-state index is 14.5. The van der Waals surface area contributed by atoms with Gasteiger partial charge in [0, 0.05) is 30.0 Å². The van der Waals surface area contributed by atoms with Crippen LogP contribution >= 0.6 is 0 Å². The molecular formula is C33H41F2N7O3. The van der Waals surface area contributed by atoms with Crippen LogP contribution in [0.5, 0.6) is 0 Å². The van der Waals surface area contributed by atoms with Crippen molar-refractivity contribution in [3.8, 4) is 0 Å². The summed E-state index contributed by atoms with van der Waals surface area (Å²) in [6.45, 7) is 13.2. The molecule has 2 aromatic carbocycles. The Kier molecular flexibility index (Phi) is 8.90. The molecule has 2 amide bonds. The number of tetrazole rings is 1. The van der Waals surface area contributed by atoms with E-state index in [4.69, 9.17) is 9.73 Å². The van der Waals surface area contributed by atoms with Crippen molar-refractivity contribution < 1.29 is 23.1 Å². The van der Waals surface area contributed by atoms with Gasteiger partial charge in [-0.15, -0.1) is 10.2 Å². The zero-order valence-corrected chi connectivity index (χ0v) is 26.7. The van der Waals surface area contributed by atoms with Crippen LogP contribution in [0.3, 0.4) is 0 Å². The summed E-state index contributed by atoms with van der Waals surface area (Å²) in [5.41, 5.74) is 0.176. The molecule has 0 aliphatic carbocycles. The molecule has 5 rings (SSSR count). The van der Waals surface area contributed by atoms with Gasteiger partial charge in [0.05, 0.1) is 25.3 Å². The van der Waals surface area contributed by atoms with Crippen molar-refractivity contribution >= 4 is 17.5 Å². The van der Waals surface area contributed by atoms with Crippen molar-refractivity contribution in [2.45, 2.75) is 91.6 Å². The molecule has 3 aromatic rings. The van der Waals surface area contributed by atoms with E-state index < -0.39 is 23.3 Å². The first-order chi connectivity index (χ1) is 21.1. The smallest absolute Gasteiger partial charge is 0.275 e. The first-order valence-electron chi connectivity index (χ1n) is 15.3. The van der Waals surface area contributed by atoms with E-state index in [2.05, 4.69) is 67.5 Å². The Labute approximate surface area is 262 Å². The van der Waals surface area contributed by atoms with Crippen molar-refractivity contribution in [3.63, 3.8) is 0 Å². The van der Waals surface area contributed by atoms with E-state index >= 15 is 0 Å². The largest absolute Gasteiger partial charge is 0.377 e. The Balaban J connectivity index is 1.54. The molecule has 2 aliphatic heterocycles. The number of nitrogens with zero attached hydrogens (tertiary/aromatic N) is 5. The van der Waals surface area contributed by atoms with Crippen LogP contribution in [0.4, 0.5) is 8.78 Å². The fourth-order valence-corrected chi connectivity index (χ4v) is 6.01. The molecule has 12 heteroatoms. The van der Waals surface area contributed by atoms with E-state index in [1.54, 1.807) is 12.1 Å². The second-order valence-electron chi connectivity index (χ2n) is 14.2. The monoisotopic (exact) mass is 621 g/mol. The maximum atomic E-state index is 14.5. The fraction of sp³-hybridized carbons (Fsp3) is 0.515. The van der Waals surface area contributed by atoms with Gasteiger partial charge in [0.2, 0.25) is 0 Å². The van der Waals surface area contributed by atoms with E-state index in [1.807, 2.05) is 17.0 Å². The number of H-pyrrole nitrogens is 1. The molecule has 2 aliphatic rings. The molecule has 240 valence electrons. The number of halogens is 2. The average molecular weight is 622 g/mol. The number of aromatic amines is 1. The van der Waals surface area contributed by atoms with Crippen LogP contribution in [-0.4, -0.2) is 61.4 Å². The molecule has 3 heterocycles. The topological polar surface area (TPSA) is 125 Å². The lowest BCUT2D eigenvalue weighted by molar-refractivity contribution is -0.146. The Morgan fingerprint density at radius 3 is 2.40 bits per heavy atom. The van der Waals surface area contributed by atoms with Gasteiger partial charge in [0.1, 0.15) is 23.0 Å². The van der Waals surface area contributed by atoms with Crippen LogP contribution in [-0.2, 0) is 16.1 Å². The SMILES string of the molecule is CC(C)(C)CC[C@H](c1ccc(C(=O)NCc2nn[nH]n2)cc1)N1C(=O)C(c2cc(F)cc(F)c2)=NC12CCOC(C(C)(C)C)C2. The third kappa shape index (κ3) is 7.27. The van der Waals surface area contributed by atoms with Gasteiger partial charge in [-0.2, -0.15) is 5.21 Å². The number of hydrogen-bond donors (Lipinski definition) is 2. The molecule has 1 fully saturated rings. The number of aromatic nitrogens is 4. The van der Waals surface area contributed by atoms with Crippen molar-refractivity contribution in [2.24, 2.45) is 15.8 Å². The van der Waals surface area contributed by atoms with Gasteiger partial charge < -0.3 is 15.0 Å². The van der Waals surface area contributed by atoms with Crippen LogP contribution < -0.4 is 5.32 Å². The number of ether oxygens (including phenoxy) is 1. The van der Waals surface area contributed by atoms with E-state index in [1.165, 1.54) is 0 Å². The van der Waals surface area contributed by atoms with Crippen LogP contribution in [0.25, 0.3) is 0 Å². The highest BCUT2D eigenvalue weighted by atomic mass is 19.1. The van der Waals surface area contributed by atoms with Crippen LogP contribution in [0.2, 0.25) is 0 Å². The molecule has 2 N–H and O–H groups in total. The summed E-state index contributed by atoms with van der Waals surface area (Å²) in [4.78, 5) is 34.2. The van der Waals surface area contributed by atoms with E-state index in [0.717, 1.165) is 30.2 Å². The summed E-state index contributed by atoms with van der Waals surface area (Å²) >= 11 is 0. The highest BCUT2D eigenvalue weighted by Gasteiger charge is 2.54. The third-order valence-corrected chi connectivity index (χ3v) is 8.46. The number of aliphatic imine (C=N–C) groups is 1. The van der Waals surface area contributed by atoms with E-state index in [-0.39, 0.29) is 46.6 Å². The predicted octanol–water partition coefficient (Wildman–Crippen LogP) is 5.53. The van der Waals surface area contributed by atoms with Crippen molar-refractivity contribution in [2.75, 3.05) is 6.61 Å². The van der Waals surface area contributed by atoms with Crippen LogP contribution in [0.1, 0.15) is 101 Å². The minimum atomic E-state index is -0.978. The third-order valence-electron chi connectivity index (χ3n) is 8.46. The van der Waals surface area contributed by atoms with Crippen molar-refractivity contribution in [1.82, 2.24) is 30.8 Å². The molecule has 1 saturated heterocycles. The second kappa shape index (κ2) is 12.4. The molecule has 0 bridgehead atoms. The molecule has 1 aromatic heterocycles. The molecule has 45 heavy (non-hydrogen) atoms. The number of nitrogens with one attached hydrogen (secondary N) is 2. The van der Waals surface area contributed by atoms with Gasteiger partial charge >= 0.3 is 0 Å². The zero-order valence-electron chi connectivity index (χ0n) is 26.7. The lowest BCUT2D eigenvalue weighted by atomic mass is 9.79. The van der Waals surface area contributed by atoms with Gasteiger partial charge in [-0.3, -0.25) is 14.6 Å². The van der Waals surface area contributed by atoms with Gasteiger partial charge in [0.25, 0.3) is 11.8 Å². The summed E-state index contributed by atoms with van der Waals surface area (Å²) < 4.78 is 35.0. The Hall–Kier alpha value is -4.06. The summed E-state index contributed by atoms with van der Waals surface area (Å²) in [6, 6.07) is 9.84. The van der Waals surface area contributed by atoms with Gasteiger partial charge in [0.15, 0.2) is 5.82 Å².